The molecule has 1 aromatic rings. The zero-order chi connectivity index (χ0) is 13.2. The lowest BCUT2D eigenvalue weighted by Gasteiger charge is -2.32. The fraction of sp³-hybridized carbons (Fsp3) is 0.733. The van der Waals surface area contributed by atoms with Crippen LogP contribution in [0.25, 0.3) is 0 Å². The molecule has 3 heteroatoms. The Morgan fingerprint density at radius 3 is 2.50 bits per heavy atom. The zero-order valence-corrected chi connectivity index (χ0v) is 11.9. The number of hydrogen-bond donors (Lipinski definition) is 2. The Morgan fingerprint density at radius 2 is 1.94 bits per heavy atom. The van der Waals surface area contributed by atoms with E-state index in [0.717, 1.165) is 25.9 Å². The average molecular weight is 250 g/mol. The molecule has 0 aromatic carbocycles. The molecule has 0 saturated heterocycles. The van der Waals surface area contributed by atoms with Crippen molar-refractivity contribution >= 4 is 0 Å². The molecule has 1 saturated carbocycles. The highest BCUT2D eigenvalue weighted by molar-refractivity contribution is 5.26. The number of nitrogens with zero attached hydrogens (tertiary/aromatic N) is 1. The Balaban J connectivity index is 1.86. The van der Waals surface area contributed by atoms with Crippen LogP contribution >= 0.6 is 0 Å². The second kappa shape index (κ2) is 5.45. The summed E-state index contributed by atoms with van der Waals surface area (Å²) >= 11 is 0. The molecular weight excluding hydrogens is 224 g/mol. The first-order chi connectivity index (χ1) is 8.52. The lowest BCUT2D eigenvalue weighted by atomic mass is 9.85. The van der Waals surface area contributed by atoms with Gasteiger partial charge in [-0.15, -0.1) is 0 Å². The van der Waals surface area contributed by atoms with Crippen LogP contribution < -0.4 is 5.32 Å². The van der Waals surface area contributed by atoms with Crippen molar-refractivity contribution in [3.8, 4) is 0 Å². The number of aliphatic hydroxyl groups is 1. The van der Waals surface area contributed by atoms with Gasteiger partial charge in [-0.25, -0.2) is 0 Å². The van der Waals surface area contributed by atoms with Crippen molar-refractivity contribution < 1.29 is 5.11 Å². The average Bonchev–Trinajstić information content (AvgIpc) is 2.58. The van der Waals surface area contributed by atoms with Gasteiger partial charge in [0.15, 0.2) is 0 Å². The summed E-state index contributed by atoms with van der Waals surface area (Å²) < 4.78 is 2.21. The first-order valence-corrected chi connectivity index (χ1v) is 7.07. The topological polar surface area (TPSA) is 37.2 Å². The van der Waals surface area contributed by atoms with Gasteiger partial charge < -0.3 is 15.0 Å². The molecule has 1 aliphatic carbocycles. The van der Waals surface area contributed by atoms with Crippen molar-refractivity contribution in [3.05, 3.63) is 23.0 Å². The second-order valence-corrected chi connectivity index (χ2v) is 5.84. The fourth-order valence-electron chi connectivity index (χ4n) is 2.93. The highest BCUT2D eigenvalue weighted by atomic mass is 16.3. The normalized spacial score (nSPS) is 19.1. The third-order valence-corrected chi connectivity index (χ3v) is 4.43. The van der Waals surface area contributed by atoms with Gasteiger partial charge in [0.2, 0.25) is 0 Å². The zero-order valence-electron chi connectivity index (χ0n) is 11.9. The van der Waals surface area contributed by atoms with Gasteiger partial charge in [-0.05, 0) is 38.3 Å². The lowest BCUT2D eigenvalue weighted by Crippen LogP contribution is -2.41. The molecule has 3 nitrogen and oxygen atoms in total. The summed E-state index contributed by atoms with van der Waals surface area (Å²) in [6.45, 7) is 5.86. The van der Waals surface area contributed by atoms with Crippen molar-refractivity contribution in [2.75, 3.05) is 6.54 Å². The first kappa shape index (κ1) is 13.6. The predicted octanol–water partition coefficient (Wildman–Crippen LogP) is 2.43. The molecule has 0 amide bonds. The van der Waals surface area contributed by atoms with Crippen molar-refractivity contribution in [3.63, 3.8) is 0 Å². The Morgan fingerprint density at radius 1 is 1.28 bits per heavy atom. The molecule has 18 heavy (non-hydrogen) atoms. The quantitative estimate of drug-likeness (QED) is 0.861. The number of aromatic nitrogens is 1. The van der Waals surface area contributed by atoms with E-state index >= 15 is 0 Å². The summed E-state index contributed by atoms with van der Waals surface area (Å²) in [5, 5.41) is 13.8. The minimum Gasteiger partial charge on any atom is -0.389 e. The van der Waals surface area contributed by atoms with E-state index in [2.05, 4.69) is 36.8 Å². The van der Waals surface area contributed by atoms with Crippen LogP contribution in [0.1, 0.15) is 49.1 Å². The fourth-order valence-corrected chi connectivity index (χ4v) is 2.93. The molecule has 1 aromatic heterocycles. The highest BCUT2D eigenvalue weighted by Gasteiger charge is 2.28. The number of nitrogens with one attached hydrogen (secondary N) is 1. The summed E-state index contributed by atoms with van der Waals surface area (Å²) in [6.07, 6.45) is 5.52. The molecule has 0 aliphatic heterocycles. The molecule has 1 heterocycles. The number of aryl methyl sites for hydroxylation is 1. The predicted molar refractivity (Wildman–Crippen MR) is 74.6 cm³/mol. The maximum absolute atomic E-state index is 10.4. The van der Waals surface area contributed by atoms with Gasteiger partial charge >= 0.3 is 0 Å². The minimum atomic E-state index is -0.462. The van der Waals surface area contributed by atoms with Gasteiger partial charge in [0.25, 0.3) is 0 Å². The summed E-state index contributed by atoms with van der Waals surface area (Å²) in [5.74, 6) is 0. The monoisotopic (exact) mass is 250 g/mol. The molecule has 1 aliphatic rings. The molecule has 2 rings (SSSR count). The summed E-state index contributed by atoms with van der Waals surface area (Å²) in [5.41, 5.74) is 3.49. The smallest absolute Gasteiger partial charge is 0.0771 e. The van der Waals surface area contributed by atoms with Gasteiger partial charge in [-0.1, -0.05) is 19.3 Å². The van der Waals surface area contributed by atoms with Crippen LogP contribution in [0.3, 0.4) is 0 Å². The lowest BCUT2D eigenvalue weighted by molar-refractivity contribution is 0.00466. The Labute approximate surface area is 110 Å². The molecule has 1 fully saturated rings. The van der Waals surface area contributed by atoms with Crippen LogP contribution in [0, 0.1) is 13.8 Å². The van der Waals surface area contributed by atoms with Crippen LogP contribution in [0.15, 0.2) is 6.07 Å². The van der Waals surface area contributed by atoms with Crippen molar-refractivity contribution in [2.24, 2.45) is 7.05 Å². The van der Waals surface area contributed by atoms with Crippen molar-refractivity contribution in [1.29, 1.82) is 0 Å². The van der Waals surface area contributed by atoms with E-state index in [1.165, 1.54) is 36.2 Å². The third kappa shape index (κ3) is 2.96. The first-order valence-electron chi connectivity index (χ1n) is 7.07. The largest absolute Gasteiger partial charge is 0.389 e. The molecule has 102 valence electrons. The van der Waals surface area contributed by atoms with Gasteiger partial charge in [-0.2, -0.15) is 0 Å². The van der Waals surface area contributed by atoms with E-state index in [-0.39, 0.29) is 0 Å². The van der Waals surface area contributed by atoms with E-state index in [9.17, 15) is 5.11 Å². The van der Waals surface area contributed by atoms with Gasteiger partial charge in [0, 0.05) is 31.5 Å². The Kier molecular flexibility index (Phi) is 4.13. The second-order valence-electron chi connectivity index (χ2n) is 5.84. The van der Waals surface area contributed by atoms with Crippen LogP contribution in [0.4, 0.5) is 0 Å². The maximum Gasteiger partial charge on any atom is 0.0771 e. The third-order valence-electron chi connectivity index (χ3n) is 4.43. The molecule has 0 radical (unpaired) electrons. The van der Waals surface area contributed by atoms with Crippen LogP contribution in [-0.4, -0.2) is 21.8 Å². The SMILES string of the molecule is Cc1cc(CNCC2(O)CCCCC2)c(C)n1C. The van der Waals surface area contributed by atoms with Crippen molar-refractivity contribution in [1.82, 2.24) is 9.88 Å². The van der Waals surface area contributed by atoms with E-state index in [1.807, 2.05) is 0 Å². The summed E-state index contributed by atoms with van der Waals surface area (Å²) in [7, 11) is 2.10. The molecule has 0 spiro atoms. The van der Waals surface area contributed by atoms with E-state index in [4.69, 9.17) is 0 Å². The summed E-state index contributed by atoms with van der Waals surface area (Å²) in [4.78, 5) is 0. The van der Waals surface area contributed by atoms with E-state index in [1.54, 1.807) is 0 Å². The van der Waals surface area contributed by atoms with Crippen molar-refractivity contribution in [2.45, 2.75) is 58.1 Å². The van der Waals surface area contributed by atoms with Crippen LogP contribution in [0.5, 0.6) is 0 Å². The Hall–Kier alpha value is -0.800. The molecular formula is C15H26N2O. The number of rotatable bonds is 4. The highest BCUT2D eigenvalue weighted by Crippen LogP contribution is 2.27. The molecule has 0 unspecified atom stereocenters. The maximum atomic E-state index is 10.4. The van der Waals surface area contributed by atoms with E-state index in [0.29, 0.717) is 0 Å². The molecule has 0 atom stereocenters. The minimum absolute atomic E-state index is 0.462. The standard InChI is InChI=1S/C15H26N2O/c1-12-9-14(13(2)17(12)3)10-16-11-15(18)7-5-4-6-8-15/h9,16,18H,4-8,10-11H2,1-3H3. The van der Waals surface area contributed by atoms with E-state index < -0.39 is 5.60 Å². The van der Waals surface area contributed by atoms with Gasteiger partial charge in [0.1, 0.15) is 0 Å². The van der Waals surface area contributed by atoms with Gasteiger partial charge in [0.05, 0.1) is 5.60 Å². The summed E-state index contributed by atoms with van der Waals surface area (Å²) in [6, 6.07) is 2.23. The Bertz CT molecular complexity index is 403. The number of hydrogen-bond acceptors (Lipinski definition) is 2. The molecule has 0 bridgehead atoms. The van der Waals surface area contributed by atoms with Gasteiger partial charge in [-0.3, -0.25) is 0 Å². The van der Waals surface area contributed by atoms with Crippen LogP contribution in [-0.2, 0) is 13.6 Å². The molecule has 2 N–H and O–H groups in total. The van der Waals surface area contributed by atoms with Crippen LogP contribution in [0.2, 0.25) is 0 Å².